The van der Waals surface area contributed by atoms with Crippen molar-refractivity contribution in [1.82, 2.24) is 10.2 Å². The number of phenols is 1. The highest BCUT2D eigenvalue weighted by atomic mass is 16.5. The number of nitrogens with one attached hydrogen (secondary N) is 1. The van der Waals surface area contributed by atoms with E-state index in [1.54, 1.807) is 25.1 Å². The molecule has 1 heterocycles. The molecule has 1 fully saturated rings. The number of carbonyl (C=O) groups is 3. The molecule has 3 aromatic carbocycles. The number of nitrogens with zero attached hydrogens (tertiary/aromatic N) is 1. The van der Waals surface area contributed by atoms with Crippen molar-refractivity contribution in [3.63, 3.8) is 0 Å². The molecule has 1 aliphatic rings. The molecule has 4 rings (SSSR count). The molecule has 9 nitrogen and oxygen atoms in total. The summed E-state index contributed by atoms with van der Waals surface area (Å²) in [6, 6.07) is 16.7. The van der Waals surface area contributed by atoms with Crippen LogP contribution in [0.2, 0.25) is 0 Å². The second kappa shape index (κ2) is 11.5. The van der Waals surface area contributed by atoms with Gasteiger partial charge >= 0.3 is 5.97 Å². The summed E-state index contributed by atoms with van der Waals surface area (Å²) in [7, 11) is 0. The van der Waals surface area contributed by atoms with Crippen molar-refractivity contribution in [3.8, 4) is 16.9 Å². The molecule has 5 N–H and O–H groups in total. The quantitative estimate of drug-likeness (QED) is 0.359. The number of hydrogen-bond acceptors (Lipinski definition) is 6. The van der Waals surface area contributed by atoms with E-state index in [4.69, 9.17) is 15.6 Å². The summed E-state index contributed by atoms with van der Waals surface area (Å²) in [5.74, 6) is -2.25. The van der Waals surface area contributed by atoms with Crippen molar-refractivity contribution in [1.29, 1.82) is 0 Å². The number of aromatic hydroxyl groups is 1. The van der Waals surface area contributed by atoms with Gasteiger partial charge in [-0.3, -0.25) is 14.5 Å². The molecule has 2 atom stereocenters. The van der Waals surface area contributed by atoms with Gasteiger partial charge in [0.25, 0.3) is 0 Å². The van der Waals surface area contributed by atoms with Gasteiger partial charge in [-0.05, 0) is 72.0 Å². The molecule has 3 aromatic rings. The fraction of sp³-hybridized carbons (Fsp3) is 0.276. The zero-order valence-corrected chi connectivity index (χ0v) is 21.3. The summed E-state index contributed by atoms with van der Waals surface area (Å²) in [6.45, 7) is 5.59. The second-order valence-electron chi connectivity index (χ2n) is 9.47. The molecule has 0 saturated carbocycles. The number of morpholine rings is 1. The van der Waals surface area contributed by atoms with Gasteiger partial charge in [0.1, 0.15) is 17.4 Å². The van der Waals surface area contributed by atoms with Crippen LogP contribution in [0.3, 0.4) is 0 Å². The number of carboxylic acid groups (broad SMARTS) is 1. The van der Waals surface area contributed by atoms with Gasteiger partial charge < -0.3 is 26.0 Å². The summed E-state index contributed by atoms with van der Waals surface area (Å²) in [5, 5.41) is 22.1. The first-order valence-corrected chi connectivity index (χ1v) is 12.3. The highest BCUT2D eigenvalue weighted by Crippen LogP contribution is 2.27. The predicted molar refractivity (Wildman–Crippen MR) is 142 cm³/mol. The Bertz CT molecular complexity index is 1370. The van der Waals surface area contributed by atoms with Crippen LogP contribution in [0, 0.1) is 6.92 Å². The topological polar surface area (TPSA) is 142 Å². The number of aryl methyl sites for hydroxylation is 1. The lowest BCUT2D eigenvalue weighted by atomic mass is 9.96. The average molecular weight is 518 g/mol. The molecule has 38 heavy (non-hydrogen) atoms. The highest BCUT2D eigenvalue weighted by Gasteiger charge is 2.30. The van der Waals surface area contributed by atoms with E-state index in [0.29, 0.717) is 30.8 Å². The van der Waals surface area contributed by atoms with E-state index in [1.807, 2.05) is 31.2 Å². The maximum absolute atomic E-state index is 13.2. The van der Waals surface area contributed by atoms with Gasteiger partial charge in [-0.1, -0.05) is 30.3 Å². The van der Waals surface area contributed by atoms with Gasteiger partial charge in [-0.25, -0.2) is 4.79 Å². The van der Waals surface area contributed by atoms with Gasteiger partial charge in [0, 0.05) is 18.7 Å². The van der Waals surface area contributed by atoms with Crippen LogP contribution >= 0.6 is 0 Å². The third-order valence-corrected chi connectivity index (χ3v) is 6.79. The van der Waals surface area contributed by atoms with Crippen LogP contribution < -0.4 is 11.1 Å². The number of ether oxygens (including phenoxy) is 1. The summed E-state index contributed by atoms with van der Waals surface area (Å²) in [5.41, 5.74) is 10.2. The minimum Gasteiger partial charge on any atom is -0.507 e. The molecule has 1 aliphatic heterocycles. The molecule has 0 spiro atoms. The number of hydrogen-bond donors (Lipinski definition) is 4. The predicted octanol–water partition coefficient (Wildman–Crippen LogP) is 3.24. The number of carbonyl (C=O) groups excluding carboxylic acids is 2. The van der Waals surface area contributed by atoms with Gasteiger partial charge in [0.2, 0.25) is 11.8 Å². The first-order valence-electron chi connectivity index (χ1n) is 12.3. The van der Waals surface area contributed by atoms with E-state index < -0.39 is 24.0 Å². The maximum atomic E-state index is 13.2. The zero-order chi connectivity index (χ0) is 27.4. The van der Waals surface area contributed by atoms with Crippen LogP contribution in [-0.4, -0.2) is 58.7 Å². The third kappa shape index (κ3) is 6.01. The van der Waals surface area contributed by atoms with Gasteiger partial charge in [0.15, 0.2) is 0 Å². The first-order chi connectivity index (χ1) is 18.1. The standard InChI is InChI=1S/C29H31N3O6/c1-17-12-22(27(30)34)7-8-23(17)21-5-3-4-19(13-21)15-32-10-11-38-16-25(32)28(35)31-18(2)20-6-9-24(29(36)37)26(33)14-20/h3-9,12-14,18,25,33H,10-11,15-16H2,1-2H3,(H2,30,34)(H,31,35)(H,36,37)/t18-,25?/m0/s1. The number of rotatable bonds is 8. The molecule has 198 valence electrons. The van der Waals surface area contributed by atoms with E-state index in [1.165, 1.54) is 12.1 Å². The molecule has 2 amide bonds. The van der Waals surface area contributed by atoms with Crippen molar-refractivity contribution in [2.24, 2.45) is 5.73 Å². The lowest BCUT2D eigenvalue weighted by Crippen LogP contribution is -2.53. The van der Waals surface area contributed by atoms with Crippen molar-refractivity contribution in [2.45, 2.75) is 32.5 Å². The normalized spacial score (nSPS) is 16.5. The van der Waals surface area contributed by atoms with Crippen molar-refractivity contribution in [2.75, 3.05) is 19.8 Å². The Morgan fingerprint density at radius 1 is 1.13 bits per heavy atom. The Morgan fingerprint density at radius 3 is 2.61 bits per heavy atom. The van der Waals surface area contributed by atoms with E-state index in [-0.39, 0.29) is 23.8 Å². The zero-order valence-electron chi connectivity index (χ0n) is 21.3. The van der Waals surface area contributed by atoms with E-state index >= 15 is 0 Å². The van der Waals surface area contributed by atoms with Gasteiger partial charge in [-0.2, -0.15) is 0 Å². The lowest BCUT2D eigenvalue weighted by molar-refractivity contribution is -0.133. The van der Waals surface area contributed by atoms with E-state index in [9.17, 15) is 19.5 Å². The SMILES string of the molecule is Cc1cc(C(N)=O)ccc1-c1cccc(CN2CCOCC2C(=O)N[C@@H](C)c2ccc(C(=O)O)c(O)c2)c1. The van der Waals surface area contributed by atoms with Gasteiger partial charge in [-0.15, -0.1) is 0 Å². The second-order valence-corrected chi connectivity index (χ2v) is 9.47. The third-order valence-electron chi connectivity index (χ3n) is 6.79. The Labute approximate surface area is 220 Å². The fourth-order valence-corrected chi connectivity index (χ4v) is 4.67. The number of carboxylic acids is 1. The summed E-state index contributed by atoms with van der Waals surface area (Å²) < 4.78 is 5.61. The Morgan fingerprint density at radius 2 is 1.92 bits per heavy atom. The minimum atomic E-state index is -1.22. The monoisotopic (exact) mass is 517 g/mol. The van der Waals surface area contributed by atoms with E-state index in [2.05, 4.69) is 16.3 Å². The number of primary amides is 1. The fourth-order valence-electron chi connectivity index (χ4n) is 4.67. The van der Waals surface area contributed by atoms with E-state index in [0.717, 1.165) is 22.3 Å². The lowest BCUT2D eigenvalue weighted by Gasteiger charge is -2.35. The molecule has 0 bridgehead atoms. The van der Waals surface area contributed by atoms with Crippen molar-refractivity contribution in [3.05, 3.63) is 88.5 Å². The molecule has 1 unspecified atom stereocenters. The molecular formula is C29H31N3O6. The Hall–Kier alpha value is -4.21. The number of benzene rings is 3. The van der Waals surface area contributed by atoms with Crippen molar-refractivity contribution >= 4 is 17.8 Å². The minimum absolute atomic E-state index is 0.194. The molecular weight excluding hydrogens is 486 g/mol. The summed E-state index contributed by atoms with van der Waals surface area (Å²) in [6.07, 6.45) is 0. The van der Waals surface area contributed by atoms with Crippen molar-refractivity contribution < 1.29 is 29.3 Å². The molecule has 0 radical (unpaired) electrons. The Kier molecular flexibility index (Phi) is 8.09. The number of amides is 2. The average Bonchev–Trinajstić information content (AvgIpc) is 2.88. The Balaban J connectivity index is 1.48. The van der Waals surface area contributed by atoms with Crippen LogP contribution in [0.1, 0.15) is 50.4 Å². The number of aromatic carboxylic acids is 1. The first kappa shape index (κ1) is 26.8. The smallest absolute Gasteiger partial charge is 0.339 e. The van der Waals surface area contributed by atoms with Crippen LogP contribution in [0.25, 0.3) is 11.1 Å². The maximum Gasteiger partial charge on any atom is 0.339 e. The molecule has 0 aromatic heterocycles. The van der Waals surface area contributed by atoms with Crippen LogP contribution in [0.5, 0.6) is 5.75 Å². The van der Waals surface area contributed by atoms with Crippen LogP contribution in [-0.2, 0) is 16.1 Å². The highest BCUT2D eigenvalue weighted by molar-refractivity contribution is 5.94. The molecule has 1 saturated heterocycles. The molecule has 9 heteroatoms. The summed E-state index contributed by atoms with van der Waals surface area (Å²) >= 11 is 0. The van der Waals surface area contributed by atoms with Crippen LogP contribution in [0.15, 0.2) is 60.7 Å². The van der Waals surface area contributed by atoms with Gasteiger partial charge in [0.05, 0.1) is 19.3 Å². The largest absolute Gasteiger partial charge is 0.507 e. The molecule has 0 aliphatic carbocycles. The number of nitrogens with two attached hydrogens (primary N) is 1. The summed E-state index contributed by atoms with van der Waals surface area (Å²) in [4.78, 5) is 38.0. The van der Waals surface area contributed by atoms with Crippen LogP contribution in [0.4, 0.5) is 0 Å².